The van der Waals surface area contributed by atoms with Gasteiger partial charge in [0.05, 0.1) is 30.6 Å². The number of amides is 2. The van der Waals surface area contributed by atoms with Crippen LogP contribution >= 0.6 is 0 Å². The number of urea groups is 1. The third-order valence-electron chi connectivity index (χ3n) is 5.58. The SMILES string of the molecule is COc1ccccc1NC(=O)N(Cc1cccc(C(F)(F)F)c1)CC1CC(c2cccc(F)c2)=NO1. The zero-order valence-corrected chi connectivity index (χ0v) is 19.3. The number of para-hydroxylation sites is 2. The maximum absolute atomic E-state index is 13.6. The van der Waals surface area contributed by atoms with Gasteiger partial charge in [-0.1, -0.05) is 41.6 Å². The third kappa shape index (κ3) is 6.12. The first-order valence-electron chi connectivity index (χ1n) is 11.1. The number of alkyl halides is 3. The number of benzene rings is 3. The van der Waals surface area contributed by atoms with Crippen molar-refractivity contribution in [1.82, 2.24) is 4.90 Å². The number of hydrogen-bond acceptors (Lipinski definition) is 4. The van der Waals surface area contributed by atoms with Crippen molar-refractivity contribution in [2.45, 2.75) is 25.2 Å². The summed E-state index contributed by atoms with van der Waals surface area (Å²) in [6.45, 7) is -0.0837. The predicted molar refractivity (Wildman–Crippen MR) is 126 cm³/mol. The molecule has 1 atom stereocenters. The molecule has 1 unspecified atom stereocenters. The predicted octanol–water partition coefficient (Wildman–Crippen LogP) is 6.08. The summed E-state index contributed by atoms with van der Waals surface area (Å²) in [6.07, 6.45) is -4.79. The number of carbonyl (C=O) groups is 1. The van der Waals surface area contributed by atoms with Crippen molar-refractivity contribution in [1.29, 1.82) is 0 Å². The maximum Gasteiger partial charge on any atom is 0.416 e. The molecule has 1 heterocycles. The molecule has 0 saturated heterocycles. The first kappa shape index (κ1) is 25.0. The van der Waals surface area contributed by atoms with E-state index in [4.69, 9.17) is 9.57 Å². The summed E-state index contributed by atoms with van der Waals surface area (Å²) in [5.74, 6) is 0.0136. The molecule has 6 nitrogen and oxygen atoms in total. The number of carbonyl (C=O) groups excluding carboxylic acids is 1. The van der Waals surface area contributed by atoms with Crippen molar-refractivity contribution in [3.05, 3.63) is 95.3 Å². The van der Waals surface area contributed by atoms with Crippen LogP contribution in [0.4, 0.5) is 28.0 Å². The van der Waals surface area contributed by atoms with Crippen molar-refractivity contribution in [3.63, 3.8) is 0 Å². The standard InChI is InChI=1S/C26H23F4N3O3/c1-35-24-11-3-2-10-22(24)31-25(34)33(15-17-6-4-8-19(12-17)26(28,29)30)16-21-14-23(32-36-21)18-7-5-9-20(27)13-18/h2-13,21H,14-16H2,1H3,(H,31,34). The monoisotopic (exact) mass is 501 g/mol. The summed E-state index contributed by atoms with van der Waals surface area (Å²) >= 11 is 0. The van der Waals surface area contributed by atoms with Crippen LogP contribution in [0.5, 0.6) is 5.75 Å². The summed E-state index contributed by atoms with van der Waals surface area (Å²) in [6, 6.07) is 16.9. The van der Waals surface area contributed by atoms with E-state index in [-0.39, 0.29) is 13.1 Å². The number of halogens is 4. The van der Waals surface area contributed by atoms with E-state index < -0.39 is 29.7 Å². The highest BCUT2D eigenvalue weighted by atomic mass is 19.4. The minimum Gasteiger partial charge on any atom is -0.495 e. The van der Waals surface area contributed by atoms with Crippen LogP contribution in [-0.2, 0) is 17.6 Å². The van der Waals surface area contributed by atoms with Crippen LogP contribution in [-0.4, -0.2) is 36.4 Å². The van der Waals surface area contributed by atoms with Gasteiger partial charge in [-0.05, 0) is 42.0 Å². The molecule has 3 aromatic carbocycles. The second kappa shape index (κ2) is 10.7. The van der Waals surface area contributed by atoms with E-state index in [0.29, 0.717) is 34.7 Å². The van der Waals surface area contributed by atoms with E-state index in [2.05, 4.69) is 10.5 Å². The number of hydrogen-bond donors (Lipinski definition) is 1. The third-order valence-corrected chi connectivity index (χ3v) is 5.58. The van der Waals surface area contributed by atoms with Crippen LogP contribution in [0.25, 0.3) is 0 Å². The lowest BCUT2D eigenvalue weighted by molar-refractivity contribution is -0.137. The van der Waals surface area contributed by atoms with E-state index in [1.165, 1.54) is 36.3 Å². The van der Waals surface area contributed by atoms with Gasteiger partial charge >= 0.3 is 12.2 Å². The van der Waals surface area contributed by atoms with Crippen LogP contribution in [0.15, 0.2) is 78.0 Å². The molecule has 0 aliphatic carbocycles. The molecular weight excluding hydrogens is 478 g/mol. The van der Waals surface area contributed by atoms with Crippen molar-refractivity contribution >= 4 is 17.4 Å². The Morgan fingerprint density at radius 3 is 2.64 bits per heavy atom. The summed E-state index contributed by atoms with van der Waals surface area (Å²) in [7, 11) is 1.46. The van der Waals surface area contributed by atoms with Crippen LogP contribution in [0.2, 0.25) is 0 Å². The Bertz CT molecular complexity index is 1260. The van der Waals surface area contributed by atoms with E-state index in [1.54, 1.807) is 36.4 Å². The zero-order chi connectivity index (χ0) is 25.7. The highest BCUT2D eigenvalue weighted by Crippen LogP contribution is 2.30. The Hall–Kier alpha value is -4.08. The lowest BCUT2D eigenvalue weighted by Crippen LogP contribution is -2.40. The van der Waals surface area contributed by atoms with E-state index >= 15 is 0 Å². The molecule has 10 heteroatoms. The fraction of sp³-hybridized carbons (Fsp3) is 0.231. The highest BCUT2D eigenvalue weighted by Gasteiger charge is 2.31. The second-order valence-corrected chi connectivity index (χ2v) is 8.19. The number of anilines is 1. The lowest BCUT2D eigenvalue weighted by Gasteiger charge is -2.26. The molecule has 0 fully saturated rings. The van der Waals surface area contributed by atoms with Crippen LogP contribution in [0, 0.1) is 5.82 Å². The number of ether oxygens (including phenoxy) is 1. The molecule has 1 aliphatic rings. The molecule has 0 bridgehead atoms. The maximum atomic E-state index is 13.6. The highest BCUT2D eigenvalue weighted by molar-refractivity contribution is 6.01. The Morgan fingerprint density at radius 2 is 1.89 bits per heavy atom. The van der Waals surface area contributed by atoms with Crippen molar-refractivity contribution in [3.8, 4) is 5.75 Å². The van der Waals surface area contributed by atoms with Gasteiger partial charge in [0.2, 0.25) is 0 Å². The molecule has 0 aromatic heterocycles. The fourth-order valence-corrected chi connectivity index (χ4v) is 3.84. The van der Waals surface area contributed by atoms with Gasteiger partial charge in [-0.25, -0.2) is 9.18 Å². The second-order valence-electron chi connectivity index (χ2n) is 8.19. The number of oxime groups is 1. The topological polar surface area (TPSA) is 63.2 Å². The lowest BCUT2D eigenvalue weighted by atomic mass is 10.0. The minimum absolute atomic E-state index is 0.0273. The first-order valence-corrected chi connectivity index (χ1v) is 11.1. The Morgan fingerprint density at radius 1 is 1.11 bits per heavy atom. The molecule has 0 spiro atoms. The molecule has 188 valence electrons. The minimum atomic E-state index is -4.51. The summed E-state index contributed by atoms with van der Waals surface area (Å²) in [5, 5.41) is 6.78. The molecule has 1 N–H and O–H groups in total. The number of methoxy groups -OCH3 is 1. The average molecular weight is 501 g/mol. The van der Waals surface area contributed by atoms with Gasteiger partial charge in [0.25, 0.3) is 0 Å². The first-order chi connectivity index (χ1) is 17.2. The van der Waals surface area contributed by atoms with Crippen molar-refractivity contribution in [2.24, 2.45) is 5.16 Å². The fourth-order valence-electron chi connectivity index (χ4n) is 3.84. The zero-order valence-electron chi connectivity index (χ0n) is 19.3. The van der Waals surface area contributed by atoms with Gasteiger partial charge in [-0.15, -0.1) is 0 Å². The molecule has 2 amide bonds. The normalized spacial score (nSPS) is 15.1. The molecule has 36 heavy (non-hydrogen) atoms. The number of nitrogens with one attached hydrogen (secondary N) is 1. The number of nitrogens with zero attached hydrogens (tertiary/aromatic N) is 2. The number of rotatable bonds is 7. The van der Waals surface area contributed by atoms with Crippen LogP contribution < -0.4 is 10.1 Å². The molecule has 0 radical (unpaired) electrons. The van der Waals surface area contributed by atoms with Crippen LogP contribution in [0.1, 0.15) is 23.1 Å². The van der Waals surface area contributed by atoms with E-state index in [0.717, 1.165) is 12.1 Å². The average Bonchev–Trinajstić information content (AvgIpc) is 3.32. The van der Waals surface area contributed by atoms with Gasteiger partial charge in [-0.3, -0.25) is 0 Å². The molecule has 1 aliphatic heterocycles. The van der Waals surface area contributed by atoms with Gasteiger partial charge < -0.3 is 19.8 Å². The quantitative estimate of drug-likeness (QED) is 0.399. The van der Waals surface area contributed by atoms with Gasteiger partial charge in [0.15, 0.2) is 6.10 Å². The Balaban J connectivity index is 1.53. The Labute approximate surface area is 205 Å². The molecule has 0 saturated carbocycles. The Kier molecular flexibility index (Phi) is 7.42. The summed E-state index contributed by atoms with van der Waals surface area (Å²) in [4.78, 5) is 20.1. The largest absolute Gasteiger partial charge is 0.495 e. The van der Waals surface area contributed by atoms with Crippen LogP contribution in [0.3, 0.4) is 0 Å². The van der Waals surface area contributed by atoms with E-state index in [9.17, 15) is 22.4 Å². The summed E-state index contributed by atoms with van der Waals surface area (Å²) in [5.41, 5.74) is 0.968. The van der Waals surface area contributed by atoms with Gasteiger partial charge in [0, 0.05) is 18.5 Å². The van der Waals surface area contributed by atoms with Crippen molar-refractivity contribution in [2.75, 3.05) is 19.0 Å². The van der Waals surface area contributed by atoms with Gasteiger partial charge in [-0.2, -0.15) is 13.2 Å². The molecule has 3 aromatic rings. The summed E-state index contributed by atoms with van der Waals surface area (Å²) < 4.78 is 58.6. The van der Waals surface area contributed by atoms with Crippen molar-refractivity contribution < 1.29 is 31.9 Å². The smallest absolute Gasteiger partial charge is 0.416 e. The van der Waals surface area contributed by atoms with E-state index in [1.807, 2.05) is 0 Å². The molecular formula is C26H23F4N3O3. The molecule has 4 rings (SSSR count). The van der Waals surface area contributed by atoms with Gasteiger partial charge in [0.1, 0.15) is 11.6 Å².